The fraction of sp³-hybridized carbons (Fsp3) is 0.667. The molecule has 1 N–H and O–H groups in total. The van der Waals surface area contributed by atoms with Crippen LogP contribution in [0.1, 0.15) is 37.2 Å². The fourth-order valence-corrected chi connectivity index (χ4v) is 3.06. The number of nitrogens with zero attached hydrogens (tertiary/aromatic N) is 5. The molecule has 0 aromatic carbocycles. The lowest BCUT2D eigenvalue weighted by Gasteiger charge is -2.21. The monoisotopic (exact) mass is 304 g/mol. The van der Waals surface area contributed by atoms with E-state index in [2.05, 4.69) is 15.5 Å². The third-order valence-corrected chi connectivity index (χ3v) is 4.24. The van der Waals surface area contributed by atoms with Gasteiger partial charge in [0.15, 0.2) is 0 Å². The van der Waals surface area contributed by atoms with E-state index in [9.17, 15) is 4.79 Å². The van der Waals surface area contributed by atoms with E-state index in [0.29, 0.717) is 25.6 Å². The van der Waals surface area contributed by atoms with Crippen LogP contribution >= 0.6 is 0 Å². The molecular formula is C15H24N6O. The lowest BCUT2D eigenvalue weighted by molar-refractivity contribution is 0.428. The van der Waals surface area contributed by atoms with Crippen molar-refractivity contribution in [3.63, 3.8) is 0 Å². The van der Waals surface area contributed by atoms with E-state index >= 15 is 0 Å². The SMILES string of the molecule is CCn1c([C@H]2CCCNC2)nn(CCn2ccc(C)n2)c1=O. The summed E-state index contributed by atoms with van der Waals surface area (Å²) in [4.78, 5) is 12.5. The zero-order valence-electron chi connectivity index (χ0n) is 13.3. The molecule has 1 fully saturated rings. The number of piperidine rings is 1. The summed E-state index contributed by atoms with van der Waals surface area (Å²) in [6, 6.07) is 1.96. The van der Waals surface area contributed by atoms with Crippen LogP contribution in [0.25, 0.3) is 0 Å². The van der Waals surface area contributed by atoms with Crippen molar-refractivity contribution in [2.75, 3.05) is 13.1 Å². The molecule has 1 aliphatic rings. The van der Waals surface area contributed by atoms with Crippen LogP contribution in [-0.2, 0) is 19.6 Å². The Bertz CT molecular complexity index is 677. The predicted octanol–water partition coefficient (Wildman–Crippen LogP) is 0.737. The number of hydrogen-bond acceptors (Lipinski definition) is 4. The van der Waals surface area contributed by atoms with Gasteiger partial charge >= 0.3 is 5.69 Å². The van der Waals surface area contributed by atoms with E-state index in [1.807, 2.05) is 35.4 Å². The first-order valence-corrected chi connectivity index (χ1v) is 8.07. The molecule has 3 heterocycles. The largest absolute Gasteiger partial charge is 0.345 e. The molecule has 1 aliphatic heterocycles. The molecule has 2 aromatic rings. The smallest absolute Gasteiger partial charge is 0.316 e. The summed E-state index contributed by atoms with van der Waals surface area (Å²) in [5.41, 5.74) is 0.979. The first-order valence-electron chi connectivity index (χ1n) is 8.07. The maximum Gasteiger partial charge on any atom is 0.345 e. The van der Waals surface area contributed by atoms with E-state index < -0.39 is 0 Å². The molecular weight excluding hydrogens is 280 g/mol. The van der Waals surface area contributed by atoms with E-state index in [1.54, 1.807) is 4.68 Å². The van der Waals surface area contributed by atoms with Crippen molar-refractivity contribution in [1.29, 1.82) is 0 Å². The van der Waals surface area contributed by atoms with E-state index in [4.69, 9.17) is 0 Å². The summed E-state index contributed by atoms with van der Waals surface area (Å²) in [5, 5.41) is 12.4. The molecule has 2 aromatic heterocycles. The highest BCUT2D eigenvalue weighted by Crippen LogP contribution is 2.20. The standard InChI is InChI=1S/C15H24N6O/c1-3-20-14(13-5-4-7-16-11-13)18-21(15(20)22)10-9-19-8-6-12(2)17-19/h6,8,13,16H,3-5,7,9-11H2,1-2H3/t13-/m0/s1. The Morgan fingerprint density at radius 1 is 1.36 bits per heavy atom. The van der Waals surface area contributed by atoms with Gasteiger partial charge in [0.05, 0.1) is 18.8 Å². The van der Waals surface area contributed by atoms with Crippen molar-refractivity contribution >= 4 is 0 Å². The maximum absolute atomic E-state index is 12.5. The summed E-state index contributed by atoms with van der Waals surface area (Å²) in [6.07, 6.45) is 4.17. The minimum absolute atomic E-state index is 0.00745. The van der Waals surface area contributed by atoms with Crippen LogP contribution < -0.4 is 11.0 Å². The average molecular weight is 304 g/mol. The molecule has 0 amide bonds. The topological polar surface area (TPSA) is 69.7 Å². The van der Waals surface area contributed by atoms with Gasteiger partial charge in [0.25, 0.3) is 0 Å². The normalized spacial score (nSPS) is 18.7. The Morgan fingerprint density at radius 3 is 2.86 bits per heavy atom. The third kappa shape index (κ3) is 2.99. The van der Waals surface area contributed by atoms with Crippen LogP contribution in [0.15, 0.2) is 17.1 Å². The first kappa shape index (κ1) is 15.0. The number of hydrogen-bond donors (Lipinski definition) is 1. The number of nitrogens with one attached hydrogen (secondary N) is 1. The highest BCUT2D eigenvalue weighted by atomic mass is 16.2. The molecule has 0 bridgehead atoms. The van der Waals surface area contributed by atoms with Gasteiger partial charge in [0, 0.05) is 25.2 Å². The highest BCUT2D eigenvalue weighted by Gasteiger charge is 2.23. The molecule has 120 valence electrons. The molecule has 0 spiro atoms. The number of aryl methyl sites for hydroxylation is 3. The van der Waals surface area contributed by atoms with Crippen molar-refractivity contribution in [2.45, 2.75) is 52.2 Å². The second kappa shape index (κ2) is 6.48. The Labute approximate surface area is 129 Å². The lowest BCUT2D eigenvalue weighted by atomic mass is 9.99. The quantitative estimate of drug-likeness (QED) is 0.884. The van der Waals surface area contributed by atoms with Crippen LogP contribution in [0.5, 0.6) is 0 Å². The van der Waals surface area contributed by atoms with Crippen LogP contribution in [0.4, 0.5) is 0 Å². The van der Waals surface area contributed by atoms with Gasteiger partial charge in [-0.2, -0.15) is 10.2 Å². The summed E-state index contributed by atoms with van der Waals surface area (Å²) in [7, 11) is 0. The third-order valence-electron chi connectivity index (χ3n) is 4.24. The lowest BCUT2D eigenvalue weighted by Crippen LogP contribution is -2.31. The van der Waals surface area contributed by atoms with Crippen LogP contribution in [0, 0.1) is 6.92 Å². The molecule has 22 heavy (non-hydrogen) atoms. The van der Waals surface area contributed by atoms with Crippen molar-refractivity contribution in [3.8, 4) is 0 Å². The Balaban J connectivity index is 1.79. The van der Waals surface area contributed by atoms with Crippen molar-refractivity contribution < 1.29 is 0 Å². The second-order valence-corrected chi connectivity index (χ2v) is 5.87. The molecule has 7 heteroatoms. The molecule has 0 saturated carbocycles. The molecule has 1 saturated heterocycles. The zero-order valence-corrected chi connectivity index (χ0v) is 13.3. The van der Waals surface area contributed by atoms with Gasteiger partial charge in [-0.05, 0) is 39.3 Å². The predicted molar refractivity (Wildman–Crippen MR) is 84.0 cm³/mol. The maximum atomic E-state index is 12.5. The van der Waals surface area contributed by atoms with E-state index in [-0.39, 0.29) is 5.69 Å². The molecule has 0 radical (unpaired) electrons. The van der Waals surface area contributed by atoms with Gasteiger partial charge in [-0.1, -0.05) is 0 Å². The van der Waals surface area contributed by atoms with Gasteiger partial charge in [-0.15, -0.1) is 0 Å². The Hall–Kier alpha value is -1.89. The summed E-state index contributed by atoms with van der Waals surface area (Å²) in [5.74, 6) is 1.27. The molecule has 1 atom stereocenters. The minimum Gasteiger partial charge on any atom is -0.316 e. The summed E-state index contributed by atoms with van der Waals surface area (Å²) >= 11 is 0. The molecule has 0 aliphatic carbocycles. The second-order valence-electron chi connectivity index (χ2n) is 5.87. The molecule has 7 nitrogen and oxygen atoms in total. The van der Waals surface area contributed by atoms with E-state index in [0.717, 1.165) is 37.4 Å². The first-order chi connectivity index (χ1) is 10.7. The zero-order chi connectivity index (χ0) is 15.5. The van der Waals surface area contributed by atoms with Crippen molar-refractivity contribution in [2.24, 2.45) is 0 Å². The van der Waals surface area contributed by atoms with Crippen LogP contribution in [0.2, 0.25) is 0 Å². The average Bonchev–Trinajstić information content (AvgIpc) is 3.09. The Morgan fingerprint density at radius 2 is 2.23 bits per heavy atom. The van der Waals surface area contributed by atoms with Crippen LogP contribution in [-0.4, -0.2) is 37.2 Å². The highest BCUT2D eigenvalue weighted by molar-refractivity contribution is 5.00. The van der Waals surface area contributed by atoms with Gasteiger partial charge in [0.2, 0.25) is 0 Å². The minimum atomic E-state index is -0.00745. The van der Waals surface area contributed by atoms with Crippen LogP contribution in [0.3, 0.4) is 0 Å². The van der Waals surface area contributed by atoms with E-state index in [1.165, 1.54) is 0 Å². The summed E-state index contributed by atoms with van der Waals surface area (Å²) < 4.78 is 5.25. The van der Waals surface area contributed by atoms with Gasteiger partial charge in [-0.25, -0.2) is 9.48 Å². The van der Waals surface area contributed by atoms with Crippen molar-refractivity contribution in [3.05, 3.63) is 34.3 Å². The molecule has 0 unspecified atom stereocenters. The van der Waals surface area contributed by atoms with Gasteiger partial charge in [-0.3, -0.25) is 9.25 Å². The van der Waals surface area contributed by atoms with Gasteiger partial charge in [0.1, 0.15) is 5.82 Å². The number of rotatable bonds is 5. The summed E-state index contributed by atoms with van der Waals surface area (Å²) in [6.45, 7) is 7.83. The number of aromatic nitrogens is 5. The fourth-order valence-electron chi connectivity index (χ4n) is 3.06. The molecule has 3 rings (SSSR count). The van der Waals surface area contributed by atoms with Crippen molar-refractivity contribution in [1.82, 2.24) is 29.4 Å². The Kier molecular flexibility index (Phi) is 4.42. The van der Waals surface area contributed by atoms with Gasteiger partial charge < -0.3 is 5.32 Å².